The summed E-state index contributed by atoms with van der Waals surface area (Å²) < 4.78 is 0. The second-order valence-corrected chi connectivity index (χ2v) is 9.74. The molecule has 0 saturated heterocycles. The van der Waals surface area contributed by atoms with Gasteiger partial charge in [-0.15, -0.1) is 0 Å². The van der Waals surface area contributed by atoms with E-state index in [1.165, 1.54) is 16.8 Å². The van der Waals surface area contributed by atoms with Crippen molar-refractivity contribution in [2.75, 3.05) is 11.4 Å². The number of anilines is 1. The summed E-state index contributed by atoms with van der Waals surface area (Å²) in [5.41, 5.74) is 5.79. The summed E-state index contributed by atoms with van der Waals surface area (Å²) in [6, 6.07) is 12.9. The molecule has 0 radical (unpaired) electrons. The van der Waals surface area contributed by atoms with E-state index in [-0.39, 0.29) is 10.8 Å². The van der Waals surface area contributed by atoms with Crippen molar-refractivity contribution < 1.29 is 5.11 Å². The molecule has 148 valence electrons. The van der Waals surface area contributed by atoms with Gasteiger partial charge in [-0.2, -0.15) is 0 Å². The minimum Gasteiger partial charge on any atom is -0.507 e. The van der Waals surface area contributed by atoms with Crippen molar-refractivity contribution in [2.24, 2.45) is 0 Å². The Kier molecular flexibility index (Phi) is 6.29. The summed E-state index contributed by atoms with van der Waals surface area (Å²) in [6.07, 6.45) is 1.07. The number of aromatic hydroxyl groups is 1. The number of para-hydroxylation sites is 1. The zero-order valence-corrected chi connectivity index (χ0v) is 18.5. The van der Waals surface area contributed by atoms with Crippen LogP contribution in [0.2, 0.25) is 0 Å². The van der Waals surface area contributed by atoms with Crippen LogP contribution in [0.25, 0.3) is 0 Å². The van der Waals surface area contributed by atoms with Gasteiger partial charge in [-0.25, -0.2) is 0 Å². The number of nitrogens with zero attached hydrogens (tertiary/aromatic N) is 1. The van der Waals surface area contributed by atoms with Crippen LogP contribution < -0.4 is 4.90 Å². The maximum Gasteiger partial charge on any atom is 0.124 e. The van der Waals surface area contributed by atoms with Crippen molar-refractivity contribution in [2.45, 2.75) is 79.2 Å². The Morgan fingerprint density at radius 3 is 2.07 bits per heavy atom. The normalized spacial score (nSPS) is 12.3. The summed E-state index contributed by atoms with van der Waals surface area (Å²) >= 11 is 0. The maximum atomic E-state index is 11.1. The molecule has 0 bridgehead atoms. The Labute approximate surface area is 166 Å². The summed E-state index contributed by atoms with van der Waals surface area (Å²) in [6.45, 7) is 19.3. The second-order valence-electron chi connectivity index (χ2n) is 9.74. The molecule has 2 aromatic carbocycles. The Morgan fingerprint density at radius 1 is 0.926 bits per heavy atom. The van der Waals surface area contributed by atoms with Gasteiger partial charge < -0.3 is 10.0 Å². The largest absolute Gasteiger partial charge is 0.507 e. The predicted octanol–water partition coefficient (Wildman–Crippen LogP) is 6.71. The van der Waals surface area contributed by atoms with Crippen molar-refractivity contribution in [3.8, 4) is 5.75 Å². The van der Waals surface area contributed by atoms with Crippen LogP contribution in [0.4, 0.5) is 5.69 Å². The van der Waals surface area contributed by atoms with Crippen LogP contribution in [0.3, 0.4) is 0 Å². The van der Waals surface area contributed by atoms with Crippen molar-refractivity contribution in [3.05, 3.63) is 58.7 Å². The molecule has 1 N–H and O–H groups in total. The lowest BCUT2D eigenvalue weighted by Crippen LogP contribution is -2.25. The zero-order valence-electron chi connectivity index (χ0n) is 18.5. The van der Waals surface area contributed by atoms with Crippen LogP contribution in [0, 0.1) is 6.92 Å². The first-order valence-electron chi connectivity index (χ1n) is 10.1. The Morgan fingerprint density at radius 2 is 1.56 bits per heavy atom. The molecule has 0 atom stereocenters. The topological polar surface area (TPSA) is 23.5 Å². The fraction of sp³-hybridized carbons (Fsp3) is 0.520. The van der Waals surface area contributed by atoms with Crippen molar-refractivity contribution in [1.29, 1.82) is 0 Å². The molecule has 0 aliphatic rings. The van der Waals surface area contributed by atoms with E-state index in [0.29, 0.717) is 5.75 Å². The highest BCUT2D eigenvalue weighted by Crippen LogP contribution is 2.38. The predicted molar refractivity (Wildman–Crippen MR) is 118 cm³/mol. The first-order chi connectivity index (χ1) is 12.4. The van der Waals surface area contributed by atoms with Gasteiger partial charge in [0.2, 0.25) is 0 Å². The van der Waals surface area contributed by atoms with E-state index in [1.54, 1.807) is 0 Å². The third-order valence-electron chi connectivity index (χ3n) is 5.17. The van der Waals surface area contributed by atoms with Gasteiger partial charge in [0.05, 0.1) is 0 Å². The molecule has 0 aliphatic carbocycles. The average molecular weight is 368 g/mol. The number of hydrogen-bond donors (Lipinski definition) is 1. The minimum atomic E-state index is -0.0989. The molecular weight excluding hydrogens is 330 g/mol. The number of rotatable bonds is 5. The van der Waals surface area contributed by atoms with Gasteiger partial charge >= 0.3 is 0 Å². The first-order valence-corrected chi connectivity index (χ1v) is 10.1. The van der Waals surface area contributed by atoms with Gasteiger partial charge in [0.15, 0.2) is 0 Å². The number of aryl methyl sites for hydroxylation is 1. The van der Waals surface area contributed by atoms with Crippen LogP contribution >= 0.6 is 0 Å². The molecule has 2 nitrogen and oxygen atoms in total. The smallest absolute Gasteiger partial charge is 0.124 e. The molecule has 2 heteroatoms. The van der Waals surface area contributed by atoms with E-state index >= 15 is 0 Å². The molecule has 0 heterocycles. The van der Waals surface area contributed by atoms with Crippen LogP contribution in [0.5, 0.6) is 5.75 Å². The third kappa shape index (κ3) is 5.06. The van der Waals surface area contributed by atoms with E-state index in [4.69, 9.17) is 0 Å². The highest BCUT2D eigenvalue weighted by molar-refractivity contribution is 5.56. The van der Waals surface area contributed by atoms with Gasteiger partial charge in [0, 0.05) is 24.3 Å². The standard InChI is InChI=1S/C25H37NO/c1-9-14-26(22-13-11-10-12-18(22)2)17-19-15-20(24(3,4)5)16-21(23(19)27)25(6,7)8/h10-13,15-16,27H,9,14,17H2,1-8H3. The van der Waals surface area contributed by atoms with Gasteiger partial charge in [-0.05, 0) is 53.0 Å². The molecule has 2 aromatic rings. The van der Waals surface area contributed by atoms with Crippen molar-refractivity contribution in [3.63, 3.8) is 0 Å². The van der Waals surface area contributed by atoms with Gasteiger partial charge in [0.25, 0.3) is 0 Å². The fourth-order valence-corrected chi connectivity index (χ4v) is 3.50. The lowest BCUT2D eigenvalue weighted by Gasteiger charge is -2.31. The molecule has 27 heavy (non-hydrogen) atoms. The monoisotopic (exact) mass is 367 g/mol. The maximum absolute atomic E-state index is 11.1. The molecule has 0 amide bonds. The molecule has 0 fully saturated rings. The van der Waals surface area contributed by atoms with Crippen molar-refractivity contribution >= 4 is 5.69 Å². The Balaban J connectivity index is 2.57. The lowest BCUT2D eigenvalue weighted by molar-refractivity contribution is 0.437. The van der Waals surface area contributed by atoms with Crippen LogP contribution in [-0.2, 0) is 17.4 Å². The van der Waals surface area contributed by atoms with Gasteiger partial charge in [-0.1, -0.05) is 72.7 Å². The van der Waals surface area contributed by atoms with Crippen LogP contribution in [0.15, 0.2) is 36.4 Å². The molecular formula is C25H37NO. The third-order valence-corrected chi connectivity index (χ3v) is 5.17. The highest BCUT2D eigenvalue weighted by atomic mass is 16.3. The molecule has 2 rings (SSSR count). The Bertz CT molecular complexity index is 778. The molecule has 0 aromatic heterocycles. The number of phenols is 1. The van der Waals surface area contributed by atoms with E-state index in [0.717, 1.165) is 30.6 Å². The highest BCUT2D eigenvalue weighted by Gasteiger charge is 2.25. The molecule has 0 spiro atoms. The molecule has 0 aliphatic heterocycles. The lowest BCUT2D eigenvalue weighted by atomic mass is 9.79. The fourth-order valence-electron chi connectivity index (χ4n) is 3.50. The van der Waals surface area contributed by atoms with Crippen molar-refractivity contribution in [1.82, 2.24) is 0 Å². The van der Waals surface area contributed by atoms with Gasteiger partial charge in [0.1, 0.15) is 5.75 Å². The quantitative estimate of drug-likeness (QED) is 0.634. The SMILES string of the molecule is CCCN(Cc1cc(C(C)(C)C)cc(C(C)(C)C)c1O)c1ccccc1C. The summed E-state index contributed by atoms with van der Waals surface area (Å²) in [5, 5.41) is 11.1. The summed E-state index contributed by atoms with van der Waals surface area (Å²) in [4.78, 5) is 2.39. The zero-order chi connectivity index (χ0) is 20.4. The van der Waals surface area contributed by atoms with E-state index in [2.05, 4.69) is 96.7 Å². The Hall–Kier alpha value is -1.96. The minimum absolute atomic E-state index is 0.0424. The number of phenolic OH excluding ortho intramolecular Hbond substituents is 1. The van der Waals surface area contributed by atoms with E-state index in [9.17, 15) is 5.11 Å². The molecule has 0 unspecified atom stereocenters. The van der Waals surface area contributed by atoms with Gasteiger partial charge in [-0.3, -0.25) is 0 Å². The average Bonchev–Trinajstić information content (AvgIpc) is 2.54. The van der Waals surface area contributed by atoms with Crippen LogP contribution in [0.1, 0.15) is 77.1 Å². The summed E-state index contributed by atoms with van der Waals surface area (Å²) in [7, 11) is 0. The molecule has 0 saturated carbocycles. The summed E-state index contributed by atoms with van der Waals surface area (Å²) in [5.74, 6) is 0.449. The number of benzene rings is 2. The first kappa shape index (κ1) is 21.3. The van der Waals surface area contributed by atoms with Crippen LogP contribution in [-0.4, -0.2) is 11.7 Å². The number of hydrogen-bond acceptors (Lipinski definition) is 2. The van der Waals surface area contributed by atoms with E-state index < -0.39 is 0 Å². The second kappa shape index (κ2) is 7.96. The van der Waals surface area contributed by atoms with E-state index in [1.807, 2.05) is 0 Å².